The van der Waals surface area contributed by atoms with Crippen LogP contribution in [0, 0.1) is 10.1 Å². The molecule has 1 aliphatic rings. The number of para-hydroxylation sites is 1. The number of ether oxygens (including phenoxy) is 1. The predicted octanol–water partition coefficient (Wildman–Crippen LogP) is 5.09. The zero-order valence-electron chi connectivity index (χ0n) is 15.7. The average molecular weight is 502 g/mol. The minimum absolute atomic E-state index is 0.0473. The van der Waals surface area contributed by atoms with E-state index in [0.717, 1.165) is 0 Å². The van der Waals surface area contributed by atoms with Gasteiger partial charge in [-0.2, -0.15) is 30.4 Å². The monoisotopic (exact) mass is 501 g/mol. The van der Waals surface area contributed by atoms with E-state index in [9.17, 15) is 40.5 Å². The SMILES string of the molecule is O=[N+]([O-])CC1c2ccccc2Oc2ccc(Cl)cc2C1COS(=O)(=O)C(F)(F)C(F)(F)F. The Bertz CT molecular complexity index is 1140. The van der Waals surface area contributed by atoms with Gasteiger partial charge in [-0.15, -0.1) is 0 Å². The maximum Gasteiger partial charge on any atom is 0.472 e. The molecule has 174 valence electrons. The Labute approximate surface area is 183 Å². The maximum absolute atomic E-state index is 13.5. The minimum Gasteiger partial charge on any atom is -0.457 e. The van der Waals surface area contributed by atoms with Gasteiger partial charge < -0.3 is 4.74 Å². The number of hydrogen-bond acceptors (Lipinski definition) is 6. The maximum atomic E-state index is 13.5. The Morgan fingerprint density at radius 2 is 1.66 bits per heavy atom. The summed E-state index contributed by atoms with van der Waals surface area (Å²) < 4.78 is 97.9. The summed E-state index contributed by atoms with van der Waals surface area (Å²) in [6.45, 7) is -2.08. The summed E-state index contributed by atoms with van der Waals surface area (Å²) >= 11 is 5.97. The van der Waals surface area contributed by atoms with E-state index in [1.165, 1.54) is 36.4 Å². The fourth-order valence-corrected chi connectivity index (χ4v) is 4.24. The third-order valence-electron chi connectivity index (χ3n) is 4.79. The average Bonchev–Trinajstić information content (AvgIpc) is 2.79. The van der Waals surface area contributed by atoms with Crippen LogP contribution in [0.4, 0.5) is 22.0 Å². The molecule has 0 spiro atoms. The highest BCUT2D eigenvalue weighted by Gasteiger charge is 2.68. The van der Waals surface area contributed by atoms with Crippen LogP contribution >= 0.6 is 11.6 Å². The Kier molecular flexibility index (Phi) is 6.37. The van der Waals surface area contributed by atoms with Gasteiger partial charge in [0, 0.05) is 27.0 Å². The van der Waals surface area contributed by atoms with Crippen LogP contribution in [0.15, 0.2) is 42.5 Å². The van der Waals surface area contributed by atoms with Crippen LogP contribution in [0.5, 0.6) is 11.5 Å². The van der Waals surface area contributed by atoms with Crippen molar-refractivity contribution >= 4 is 21.7 Å². The van der Waals surface area contributed by atoms with Crippen molar-refractivity contribution in [3.8, 4) is 11.5 Å². The van der Waals surface area contributed by atoms with Gasteiger partial charge in [-0.3, -0.25) is 14.3 Å². The van der Waals surface area contributed by atoms with Gasteiger partial charge in [0.1, 0.15) is 11.5 Å². The molecule has 3 rings (SSSR count). The molecule has 0 aromatic heterocycles. The molecule has 0 aliphatic carbocycles. The van der Waals surface area contributed by atoms with Crippen LogP contribution in [0.25, 0.3) is 0 Å². The highest BCUT2D eigenvalue weighted by Crippen LogP contribution is 2.48. The lowest BCUT2D eigenvalue weighted by Gasteiger charge is -2.25. The quantitative estimate of drug-likeness (QED) is 0.237. The highest BCUT2D eigenvalue weighted by molar-refractivity contribution is 7.87. The van der Waals surface area contributed by atoms with E-state index in [1.54, 1.807) is 6.07 Å². The van der Waals surface area contributed by atoms with Crippen LogP contribution in [0.2, 0.25) is 5.02 Å². The van der Waals surface area contributed by atoms with E-state index in [0.29, 0.717) is 0 Å². The molecule has 32 heavy (non-hydrogen) atoms. The van der Waals surface area contributed by atoms with E-state index in [-0.39, 0.29) is 27.6 Å². The van der Waals surface area contributed by atoms with Crippen LogP contribution in [-0.2, 0) is 14.3 Å². The van der Waals surface area contributed by atoms with Crippen LogP contribution in [0.3, 0.4) is 0 Å². The Balaban J connectivity index is 2.10. The van der Waals surface area contributed by atoms with Crippen molar-refractivity contribution in [2.24, 2.45) is 0 Å². The molecule has 0 saturated carbocycles. The van der Waals surface area contributed by atoms with E-state index < -0.39 is 51.5 Å². The first-order valence-corrected chi connectivity index (χ1v) is 10.5. The lowest BCUT2D eigenvalue weighted by Crippen LogP contribution is -2.45. The molecule has 2 atom stereocenters. The third-order valence-corrected chi connectivity index (χ3v) is 6.33. The zero-order valence-corrected chi connectivity index (χ0v) is 17.3. The number of rotatable bonds is 6. The van der Waals surface area contributed by atoms with Gasteiger partial charge in [-0.25, -0.2) is 0 Å². The van der Waals surface area contributed by atoms with Gasteiger partial charge in [0.15, 0.2) is 0 Å². The Morgan fingerprint density at radius 1 is 1.03 bits per heavy atom. The molecule has 0 fully saturated rings. The molecule has 0 amide bonds. The van der Waals surface area contributed by atoms with Gasteiger partial charge in [0.2, 0.25) is 6.54 Å². The van der Waals surface area contributed by atoms with E-state index >= 15 is 0 Å². The van der Waals surface area contributed by atoms with Gasteiger partial charge >= 0.3 is 21.5 Å². The summed E-state index contributed by atoms with van der Waals surface area (Å²) in [6, 6.07) is 9.96. The first kappa shape index (κ1) is 24.1. The van der Waals surface area contributed by atoms with E-state index in [2.05, 4.69) is 4.18 Å². The summed E-state index contributed by atoms with van der Waals surface area (Å²) in [7, 11) is -6.47. The molecule has 0 N–H and O–H groups in total. The predicted molar refractivity (Wildman–Crippen MR) is 101 cm³/mol. The summed E-state index contributed by atoms with van der Waals surface area (Å²) in [5, 5.41) is 5.22. The highest BCUT2D eigenvalue weighted by atomic mass is 35.5. The molecule has 1 heterocycles. The molecule has 7 nitrogen and oxygen atoms in total. The number of benzene rings is 2. The molecular weight excluding hydrogens is 489 g/mol. The summed E-state index contributed by atoms with van der Waals surface area (Å²) in [5.41, 5.74) is 0.260. The molecule has 0 bridgehead atoms. The molecular formula is C18H13ClF5NO6S. The van der Waals surface area contributed by atoms with Crippen molar-refractivity contribution in [3.05, 3.63) is 68.7 Å². The van der Waals surface area contributed by atoms with Crippen LogP contribution in [-0.4, -0.2) is 37.9 Å². The third kappa shape index (κ3) is 4.50. The van der Waals surface area contributed by atoms with Crippen LogP contribution in [0.1, 0.15) is 23.0 Å². The normalized spacial score (nSPS) is 18.8. The molecule has 2 aromatic rings. The van der Waals surface area contributed by atoms with Gasteiger partial charge in [0.25, 0.3) is 0 Å². The molecule has 2 aromatic carbocycles. The Morgan fingerprint density at radius 3 is 2.28 bits per heavy atom. The van der Waals surface area contributed by atoms with Crippen molar-refractivity contribution in [1.29, 1.82) is 0 Å². The van der Waals surface area contributed by atoms with E-state index in [1.807, 2.05) is 0 Å². The van der Waals surface area contributed by atoms with Gasteiger partial charge in [-0.1, -0.05) is 29.8 Å². The first-order valence-electron chi connectivity index (χ1n) is 8.76. The number of hydrogen-bond donors (Lipinski definition) is 0. The van der Waals surface area contributed by atoms with Crippen molar-refractivity contribution in [3.63, 3.8) is 0 Å². The summed E-state index contributed by atoms with van der Waals surface area (Å²) in [6.07, 6.45) is -6.42. The van der Waals surface area contributed by atoms with Crippen molar-refractivity contribution in [2.75, 3.05) is 13.2 Å². The summed E-state index contributed by atoms with van der Waals surface area (Å²) in [4.78, 5) is 10.6. The minimum atomic E-state index is -6.47. The topological polar surface area (TPSA) is 95.7 Å². The number of alkyl halides is 5. The second kappa shape index (κ2) is 8.45. The van der Waals surface area contributed by atoms with Gasteiger partial charge in [0.05, 0.1) is 12.5 Å². The second-order valence-electron chi connectivity index (χ2n) is 6.80. The largest absolute Gasteiger partial charge is 0.472 e. The molecule has 0 saturated heterocycles. The number of nitrogens with zero attached hydrogens (tertiary/aromatic N) is 1. The standard InChI is InChI=1S/C18H13ClF5NO6S/c19-10-5-6-16-12(7-10)14(9-30-32(28,29)18(23,24)17(20,21)22)13(8-25(26)27)11-3-1-2-4-15(11)31-16/h1-7,13-14H,8-9H2. The second-order valence-corrected chi connectivity index (χ2v) is 8.90. The first-order chi connectivity index (χ1) is 14.7. The molecule has 14 heteroatoms. The van der Waals surface area contributed by atoms with E-state index in [4.69, 9.17) is 16.3 Å². The lowest BCUT2D eigenvalue weighted by molar-refractivity contribution is -0.484. The van der Waals surface area contributed by atoms with Crippen molar-refractivity contribution in [1.82, 2.24) is 0 Å². The molecule has 1 aliphatic heterocycles. The summed E-state index contributed by atoms with van der Waals surface area (Å²) in [5.74, 6) is -2.35. The number of halogens is 6. The lowest BCUT2D eigenvalue weighted by atomic mass is 9.82. The zero-order chi connectivity index (χ0) is 23.9. The molecule has 2 unspecified atom stereocenters. The van der Waals surface area contributed by atoms with Crippen molar-refractivity contribution < 1.29 is 44.2 Å². The van der Waals surface area contributed by atoms with Gasteiger partial charge in [-0.05, 0) is 24.3 Å². The fourth-order valence-electron chi connectivity index (χ4n) is 3.30. The smallest absolute Gasteiger partial charge is 0.457 e. The number of nitro groups is 1. The fraction of sp³-hybridized carbons (Fsp3) is 0.333. The Hall–Kier alpha value is -2.51. The number of fused-ring (bicyclic) bond motifs is 2. The van der Waals surface area contributed by atoms with Crippen molar-refractivity contribution in [2.45, 2.75) is 23.3 Å². The molecule has 0 radical (unpaired) electrons. The van der Waals surface area contributed by atoms with Crippen LogP contribution < -0.4 is 4.74 Å².